The summed E-state index contributed by atoms with van der Waals surface area (Å²) >= 11 is 0. The number of hydrogen-bond donors (Lipinski definition) is 5. The Morgan fingerprint density at radius 3 is 2.17 bits per heavy atom. The number of phosphoric acid groups is 1. The molecule has 8 nitrogen and oxygen atoms in total. The largest absolute Gasteiger partial charge is 0.524 e. The lowest BCUT2D eigenvalue weighted by atomic mass is 9.91. The van der Waals surface area contributed by atoms with Gasteiger partial charge < -0.3 is 19.8 Å². The van der Waals surface area contributed by atoms with Crippen LogP contribution in [0, 0.1) is 0 Å². The van der Waals surface area contributed by atoms with Crippen molar-refractivity contribution in [3.63, 3.8) is 0 Å². The molecule has 0 spiro atoms. The molecule has 24 heavy (non-hydrogen) atoms. The summed E-state index contributed by atoms with van der Waals surface area (Å²) in [6.07, 6.45) is 0. The van der Waals surface area contributed by atoms with Crippen LogP contribution < -0.4 is 4.52 Å². The molecule has 1 unspecified atom stereocenters. The molecule has 2 rings (SSSR count). The summed E-state index contributed by atoms with van der Waals surface area (Å²) in [6.45, 7) is 1.52. The first-order chi connectivity index (χ1) is 11.1. The summed E-state index contributed by atoms with van der Waals surface area (Å²) in [5.74, 6) is -3.30. The third-order valence-electron chi connectivity index (χ3n) is 3.32. The van der Waals surface area contributed by atoms with E-state index in [-0.39, 0.29) is 5.75 Å². The monoisotopic (exact) mass is 354 g/mol. The van der Waals surface area contributed by atoms with Gasteiger partial charge in [-0.15, -0.1) is 0 Å². The van der Waals surface area contributed by atoms with Crippen molar-refractivity contribution >= 4 is 13.6 Å². The molecular formula is C15H15O8P. The Morgan fingerprint density at radius 2 is 1.62 bits per heavy atom. The predicted molar refractivity (Wildman–Crippen MR) is 83.3 cm³/mol. The van der Waals surface area contributed by atoms with E-state index in [1.54, 1.807) is 0 Å². The van der Waals surface area contributed by atoms with E-state index in [1.807, 2.05) is 0 Å². The number of carbonyl (C=O) groups is 1. The summed E-state index contributed by atoms with van der Waals surface area (Å²) in [5, 5.41) is 28.7. The number of rotatable bonds is 5. The Morgan fingerprint density at radius 1 is 1.04 bits per heavy atom. The molecule has 0 aliphatic heterocycles. The number of hydrogen-bond acceptors (Lipinski definition) is 6. The molecule has 1 atom stereocenters. The highest BCUT2D eigenvalue weighted by atomic mass is 31.2. The zero-order valence-electron chi connectivity index (χ0n) is 12.4. The summed E-state index contributed by atoms with van der Waals surface area (Å²) in [4.78, 5) is 30.5. The maximum Gasteiger partial charge on any atom is 0.524 e. The van der Waals surface area contributed by atoms with Gasteiger partial charge in [0.05, 0.1) is 0 Å². The molecule has 0 amide bonds. The Hall–Kier alpha value is -2.54. The molecule has 0 aliphatic rings. The van der Waals surface area contributed by atoms with Gasteiger partial charge in [0.25, 0.3) is 0 Å². The molecule has 9 heteroatoms. The zero-order valence-corrected chi connectivity index (χ0v) is 13.3. The second-order valence-electron chi connectivity index (χ2n) is 5.10. The van der Waals surface area contributed by atoms with E-state index < -0.39 is 42.3 Å². The number of Topliss-reactive ketones (excluding diaryl/α,β-unsaturated/α-hetero) is 1. The van der Waals surface area contributed by atoms with Crippen molar-refractivity contribution < 1.29 is 39.0 Å². The highest BCUT2D eigenvalue weighted by molar-refractivity contribution is 7.46. The predicted octanol–water partition coefficient (Wildman–Crippen LogP) is 2.26. The lowest BCUT2D eigenvalue weighted by Gasteiger charge is -2.16. The average molecular weight is 354 g/mol. The normalized spacial score (nSPS) is 12.6. The van der Waals surface area contributed by atoms with Gasteiger partial charge in [-0.1, -0.05) is 19.1 Å². The number of carbonyl (C=O) groups excluding carboxylic acids is 1. The van der Waals surface area contributed by atoms with Gasteiger partial charge in [-0.25, -0.2) is 4.57 Å². The molecule has 0 aliphatic carbocycles. The van der Waals surface area contributed by atoms with Crippen LogP contribution in [0.4, 0.5) is 0 Å². The van der Waals surface area contributed by atoms with Gasteiger partial charge in [-0.2, -0.15) is 0 Å². The van der Waals surface area contributed by atoms with Crippen molar-refractivity contribution in [1.82, 2.24) is 0 Å². The molecule has 0 fully saturated rings. The van der Waals surface area contributed by atoms with E-state index in [4.69, 9.17) is 9.79 Å². The molecule has 0 heterocycles. The number of ketones is 1. The highest BCUT2D eigenvalue weighted by Gasteiger charge is 2.28. The molecule has 0 saturated heterocycles. The quantitative estimate of drug-likeness (QED) is 0.406. The molecule has 0 saturated carbocycles. The van der Waals surface area contributed by atoms with Gasteiger partial charge in [-0.05, 0) is 17.7 Å². The maximum absolute atomic E-state index is 12.6. The highest BCUT2D eigenvalue weighted by Crippen LogP contribution is 2.44. The van der Waals surface area contributed by atoms with Crippen molar-refractivity contribution in [1.29, 1.82) is 0 Å². The number of aromatic hydroxyl groups is 3. The first kappa shape index (κ1) is 17.8. The van der Waals surface area contributed by atoms with E-state index >= 15 is 0 Å². The van der Waals surface area contributed by atoms with Gasteiger partial charge in [0, 0.05) is 18.1 Å². The lowest BCUT2D eigenvalue weighted by Crippen LogP contribution is -2.11. The van der Waals surface area contributed by atoms with Crippen molar-refractivity contribution in [2.75, 3.05) is 0 Å². The van der Waals surface area contributed by atoms with E-state index in [1.165, 1.54) is 31.2 Å². The second kappa shape index (κ2) is 6.52. The van der Waals surface area contributed by atoms with Gasteiger partial charge >= 0.3 is 7.82 Å². The van der Waals surface area contributed by atoms with Gasteiger partial charge in [0.1, 0.15) is 28.6 Å². The van der Waals surface area contributed by atoms with Crippen molar-refractivity contribution in [3.05, 3.63) is 47.5 Å². The van der Waals surface area contributed by atoms with Crippen LogP contribution in [-0.2, 0) is 4.57 Å². The third kappa shape index (κ3) is 4.05. The molecule has 5 N–H and O–H groups in total. The maximum atomic E-state index is 12.6. The van der Waals surface area contributed by atoms with Crippen LogP contribution in [0.15, 0.2) is 36.4 Å². The van der Waals surface area contributed by atoms with E-state index in [0.29, 0.717) is 5.56 Å². The van der Waals surface area contributed by atoms with E-state index in [9.17, 15) is 24.7 Å². The van der Waals surface area contributed by atoms with Crippen LogP contribution >= 0.6 is 7.82 Å². The fourth-order valence-electron chi connectivity index (χ4n) is 2.17. The zero-order chi connectivity index (χ0) is 18.1. The Bertz CT molecular complexity index is 809. The summed E-state index contributed by atoms with van der Waals surface area (Å²) in [6, 6.07) is 7.45. The molecule has 0 bridgehead atoms. The van der Waals surface area contributed by atoms with Crippen LogP contribution in [0.2, 0.25) is 0 Å². The summed E-state index contributed by atoms with van der Waals surface area (Å²) < 4.78 is 15.5. The molecular weight excluding hydrogens is 339 g/mol. The Labute approximate surface area is 136 Å². The van der Waals surface area contributed by atoms with Gasteiger partial charge in [-0.3, -0.25) is 14.6 Å². The van der Waals surface area contributed by atoms with Crippen LogP contribution in [0.25, 0.3) is 0 Å². The smallest absolute Gasteiger partial charge is 0.508 e. The summed E-state index contributed by atoms with van der Waals surface area (Å²) in [5.41, 5.74) is 0.0455. The Kier molecular flexibility index (Phi) is 4.84. The minimum Gasteiger partial charge on any atom is -0.508 e. The molecule has 2 aromatic rings. The lowest BCUT2D eigenvalue weighted by molar-refractivity contribution is 0.0961. The number of phenolic OH excluding ortho intramolecular Hbond substituents is 3. The molecule has 128 valence electrons. The Balaban J connectivity index is 2.48. The molecule has 0 radical (unpaired) electrons. The van der Waals surface area contributed by atoms with Crippen LogP contribution in [0.5, 0.6) is 23.0 Å². The minimum atomic E-state index is -5.01. The topological polar surface area (TPSA) is 145 Å². The van der Waals surface area contributed by atoms with E-state index in [2.05, 4.69) is 4.52 Å². The SMILES string of the molecule is CC(C(=O)c1c(O)cc(O)cc1OP(=O)(O)O)c1ccc(O)cc1. The van der Waals surface area contributed by atoms with Crippen molar-refractivity contribution in [2.24, 2.45) is 0 Å². The second-order valence-corrected chi connectivity index (χ2v) is 6.26. The number of phosphoric ester groups is 1. The summed E-state index contributed by atoms with van der Waals surface area (Å²) in [7, 11) is -5.01. The van der Waals surface area contributed by atoms with Crippen molar-refractivity contribution in [3.8, 4) is 23.0 Å². The van der Waals surface area contributed by atoms with Gasteiger partial charge in [0.15, 0.2) is 5.78 Å². The number of phenols is 3. The average Bonchev–Trinajstić information content (AvgIpc) is 2.44. The van der Waals surface area contributed by atoms with Crippen LogP contribution in [0.1, 0.15) is 28.8 Å². The van der Waals surface area contributed by atoms with Crippen molar-refractivity contribution in [2.45, 2.75) is 12.8 Å². The van der Waals surface area contributed by atoms with E-state index in [0.717, 1.165) is 12.1 Å². The standard InChI is InChI=1S/C15H15O8P/c1-8(9-2-4-10(16)5-3-9)15(19)14-12(18)6-11(17)7-13(14)23-24(20,21)22/h2-8,16-18H,1H3,(H2,20,21,22). The third-order valence-corrected chi connectivity index (χ3v) is 3.75. The first-order valence-electron chi connectivity index (χ1n) is 6.72. The molecule has 0 aromatic heterocycles. The number of benzene rings is 2. The first-order valence-corrected chi connectivity index (χ1v) is 8.26. The van der Waals surface area contributed by atoms with Crippen LogP contribution in [0.3, 0.4) is 0 Å². The van der Waals surface area contributed by atoms with Gasteiger partial charge in [0.2, 0.25) is 0 Å². The van der Waals surface area contributed by atoms with Crippen LogP contribution in [-0.4, -0.2) is 30.9 Å². The minimum absolute atomic E-state index is 0.0106. The fourth-order valence-corrected chi connectivity index (χ4v) is 2.57. The fraction of sp³-hybridized carbons (Fsp3) is 0.133. The molecule has 2 aromatic carbocycles.